The Labute approximate surface area is 128 Å². The summed E-state index contributed by atoms with van der Waals surface area (Å²) < 4.78 is 5.21. The molecule has 1 aromatic carbocycles. The van der Waals surface area contributed by atoms with Gasteiger partial charge in [0.25, 0.3) is 0 Å². The van der Waals surface area contributed by atoms with Crippen molar-refractivity contribution in [3.63, 3.8) is 0 Å². The van der Waals surface area contributed by atoms with Gasteiger partial charge in [0.05, 0.1) is 6.10 Å². The molecule has 1 atom stereocenters. The molecule has 1 saturated heterocycles. The summed E-state index contributed by atoms with van der Waals surface area (Å²) in [6, 6.07) is 4.89. The topological polar surface area (TPSA) is 58.6 Å². The number of hydrogen-bond acceptors (Lipinski definition) is 3. The minimum absolute atomic E-state index is 0.0309. The summed E-state index contributed by atoms with van der Waals surface area (Å²) in [6.07, 6.45) is 0.608. The fourth-order valence-corrected chi connectivity index (χ4v) is 2.72. The molecule has 0 aromatic heterocycles. The number of hydrogen-bond donors (Lipinski definition) is 2. The average molecular weight is 318 g/mol. The highest BCUT2D eigenvalue weighted by molar-refractivity contribution is 6.35. The number of benzene rings is 1. The van der Waals surface area contributed by atoms with Crippen molar-refractivity contribution in [2.45, 2.75) is 18.9 Å². The molecule has 1 fully saturated rings. The Balaban J connectivity index is 1.87. The molecule has 4 nitrogen and oxygen atoms in total. The molecule has 1 amide bonds. The molecule has 0 bridgehead atoms. The van der Waals surface area contributed by atoms with Gasteiger partial charge in [0.1, 0.15) is 0 Å². The largest absolute Gasteiger partial charge is 0.387 e. The van der Waals surface area contributed by atoms with Gasteiger partial charge in [-0.15, -0.1) is 0 Å². The molecule has 110 valence electrons. The van der Waals surface area contributed by atoms with Crippen LogP contribution < -0.4 is 5.32 Å². The lowest BCUT2D eigenvalue weighted by Crippen LogP contribution is -2.36. The summed E-state index contributed by atoms with van der Waals surface area (Å²) in [5.74, 6) is -0.0749. The summed E-state index contributed by atoms with van der Waals surface area (Å²) >= 11 is 11.8. The molecule has 1 aliphatic rings. The number of aliphatic hydroxyl groups excluding tert-OH is 1. The summed E-state index contributed by atoms with van der Waals surface area (Å²) in [6.45, 7) is 1.37. The molecule has 1 heterocycles. The van der Waals surface area contributed by atoms with Gasteiger partial charge in [-0.1, -0.05) is 29.3 Å². The van der Waals surface area contributed by atoms with E-state index in [-0.39, 0.29) is 18.4 Å². The van der Waals surface area contributed by atoms with Gasteiger partial charge >= 0.3 is 0 Å². The minimum atomic E-state index is -0.844. The van der Waals surface area contributed by atoms with E-state index in [4.69, 9.17) is 27.9 Å². The lowest BCUT2D eigenvalue weighted by molar-refractivity contribution is -0.128. The third-order valence-corrected chi connectivity index (χ3v) is 3.95. The highest BCUT2D eigenvalue weighted by Gasteiger charge is 2.22. The Bertz CT molecular complexity index is 475. The van der Waals surface area contributed by atoms with E-state index < -0.39 is 6.10 Å². The number of amides is 1. The molecule has 20 heavy (non-hydrogen) atoms. The number of nitrogens with one attached hydrogen (secondary N) is 1. The molecule has 6 heteroatoms. The Morgan fingerprint density at radius 1 is 1.40 bits per heavy atom. The minimum Gasteiger partial charge on any atom is -0.387 e. The second kappa shape index (κ2) is 7.27. The Kier molecular flexibility index (Phi) is 5.66. The van der Waals surface area contributed by atoms with Gasteiger partial charge in [-0.2, -0.15) is 0 Å². The zero-order valence-electron chi connectivity index (χ0n) is 10.9. The van der Waals surface area contributed by atoms with Crippen molar-refractivity contribution in [1.82, 2.24) is 5.32 Å². The van der Waals surface area contributed by atoms with Crippen LogP contribution in [0.15, 0.2) is 18.2 Å². The maximum atomic E-state index is 11.9. The van der Waals surface area contributed by atoms with Crippen molar-refractivity contribution < 1.29 is 14.6 Å². The van der Waals surface area contributed by atoms with Crippen LogP contribution in [0.3, 0.4) is 0 Å². The van der Waals surface area contributed by atoms with Crippen LogP contribution in [0, 0.1) is 5.92 Å². The van der Waals surface area contributed by atoms with Crippen LogP contribution in [0.2, 0.25) is 10.0 Å². The van der Waals surface area contributed by atoms with Gasteiger partial charge in [-0.25, -0.2) is 0 Å². The number of carbonyl (C=O) groups excluding carboxylic acids is 1. The monoisotopic (exact) mass is 317 g/mol. The molecule has 0 saturated carbocycles. The summed E-state index contributed by atoms with van der Waals surface area (Å²) in [5, 5.41) is 13.7. The van der Waals surface area contributed by atoms with Crippen LogP contribution >= 0.6 is 23.2 Å². The second-order valence-corrected chi connectivity index (χ2v) is 5.66. The summed E-state index contributed by atoms with van der Waals surface area (Å²) in [7, 11) is 0. The first-order valence-electron chi connectivity index (χ1n) is 6.56. The predicted molar refractivity (Wildman–Crippen MR) is 78.0 cm³/mol. The number of ether oxygens (including phenoxy) is 1. The second-order valence-electron chi connectivity index (χ2n) is 4.81. The molecule has 0 unspecified atom stereocenters. The van der Waals surface area contributed by atoms with Gasteiger partial charge < -0.3 is 15.2 Å². The van der Waals surface area contributed by atoms with Crippen molar-refractivity contribution in [3.8, 4) is 0 Å². The van der Waals surface area contributed by atoms with E-state index in [0.717, 1.165) is 12.8 Å². The first-order chi connectivity index (χ1) is 9.58. The van der Waals surface area contributed by atoms with E-state index in [9.17, 15) is 9.90 Å². The van der Waals surface area contributed by atoms with Gasteiger partial charge in [0, 0.05) is 41.3 Å². The average Bonchev–Trinajstić information content (AvgIpc) is 2.45. The van der Waals surface area contributed by atoms with E-state index in [2.05, 4.69) is 5.32 Å². The number of halogens is 2. The number of rotatable bonds is 4. The maximum Gasteiger partial charge on any atom is 0.223 e. The quantitative estimate of drug-likeness (QED) is 0.897. The van der Waals surface area contributed by atoms with Crippen molar-refractivity contribution >= 4 is 29.1 Å². The summed E-state index contributed by atoms with van der Waals surface area (Å²) in [5.41, 5.74) is 0.559. The van der Waals surface area contributed by atoms with Gasteiger partial charge in [-0.3, -0.25) is 4.79 Å². The zero-order chi connectivity index (χ0) is 14.5. The van der Waals surface area contributed by atoms with Crippen LogP contribution in [0.5, 0.6) is 0 Å². The highest BCUT2D eigenvalue weighted by Crippen LogP contribution is 2.26. The number of carbonyl (C=O) groups is 1. The first-order valence-corrected chi connectivity index (χ1v) is 7.32. The van der Waals surface area contributed by atoms with Gasteiger partial charge in [-0.05, 0) is 25.0 Å². The molecule has 0 spiro atoms. The van der Waals surface area contributed by atoms with Crippen LogP contribution in [0.1, 0.15) is 24.5 Å². The van der Waals surface area contributed by atoms with Crippen LogP contribution in [0.4, 0.5) is 0 Å². The van der Waals surface area contributed by atoms with Crippen molar-refractivity contribution in [2.75, 3.05) is 19.8 Å². The Hall–Kier alpha value is -0.810. The standard InChI is InChI=1S/C14H17Cl2NO3/c15-10-1-2-11(12(16)7-10)13(18)8-17-14(19)9-3-5-20-6-4-9/h1-2,7,9,13,18H,3-6,8H2,(H,17,19)/t13-/m1/s1. The van der Waals surface area contributed by atoms with Crippen molar-refractivity contribution in [3.05, 3.63) is 33.8 Å². The first kappa shape index (κ1) is 15.6. The molecular weight excluding hydrogens is 301 g/mol. The van der Waals surface area contributed by atoms with Crippen LogP contribution in [0.25, 0.3) is 0 Å². The zero-order valence-corrected chi connectivity index (χ0v) is 12.5. The molecule has 1 aliphatic heterocycles. The van der Waals surface area contributed by atoms with E-state index in [1.807, 2.05) is 0 Å². The SMILES string of the molecule is O=C(NC[C@@H](O)c1ccc(Cl)cc1Cl)C1CCOCC1. The molecule has 2 N–H and O–H groups in total. The Morgan fingerprint density at radius 3 is 2.75 bits per heavy atom. The fraction of sp³-hybridized carbons (Fsp3) is 0.500. The van der Waals surface area contributed by atoms with Crippen LogP contribution in [-0.4, -0.2) is 30.8 Å². The summed E-state index contributed by atoms with van der Waals surface area (Å²) in [4.78, 5) is 11.9. The smallest absolute Gasteiger partial charge is 0.223 e. The van der Waals surface area contributed by atoms with E-state index in [1.54, 1.807) is 18.2 Å². The van der Waals surface area contributed by atoms with E-state index in [0.29, 0.717) is 28.8 Å². The van der Waals surface area contributed by atoms with E-state index in [1.165, 1.54) is 0 Å². The van der Waals surface area contributed by atoms with Gasteiger partial charge in [0.15, 0.2) is 0 Å². The highest BCUT2D eigenvalue weighted by atomic mass is 35.5. The fourth-order valence-electron chi connectivity index (χ4n) is 2.18. The third-order valence-electron chi connectivity index (χ3n) is 3.38. The molecule has 0 aliphatic carbocycles. The lowest BCUT2D eigenvalue weighted by atomic mass is 9.99. The van der Waals surface area contributed by atoms with Gasteiger partial charge in [0.2, 0.25) is 5.91 Å². The van der Waals surface area contributed by atoms with E-state index >= 15 is 0 Å². The maximum absolute atomic E-state index is 11.9. The molecule has 2 rings (SSSR count). The lowest BCUT2D eigenvalue weighted by Gasteiger charge is -2.22. The normalized spacial score (nSPS) is 17.8. The number of aliphatic hydroxyl groups is 1. The van der Waals surface area contributed by atoms with Crippen LogP contribution in [-0.2, 0) is 9.53 Å². The molecule has 0 radical (unpaired) electrons. The molecular formula is C14H17Cl2NO3. The van der Waals surface area contributed by atoms with Crippen molar-refractivity contribution in [1.29, 1.82) is 0 Å². The third kappa shape index (κ3) is 4.09. The Morgan fingerprint density at radius 2 is 2.10 bits per heavy atom. The van der Waals surface area contributed by atoms with Crippen molar-refractivity contribution in [2.24, 2.45) is 5.92 Å². The molecule has 1 aromatic rings. The predicted octanol–water partition coefficient (Wildman–Crippen LogP) is 2.57.